The van der Waals surface area contributed by atoms with Crippen LogP contribution in [0.25, 0.3) is 0 Å². The normalized spacial score (nSPS) is 14.7. The van der Waals surface area contributed by atoms with Crippen LogP contribution in [-0.4, -0.2) is 49.0 Å². The minimum absolute atomic E-state index is 0.213. The van der Waals surface area contributed by atoms with Crippen LogP contribution in [-0.2, 0) is 11.2 Å². The zero-order valence-corrected chi connectivity index (χ0v) is 15.6. The topological polar surface area (TPSA) is 60.5 Å². The number of carbonyl (C=O) groups is 1. The summed E-state index contributed by atoms with van der Waals surface area (Å²) in [6.07, 6.45) is 3.71. The van der Waals surface area contributed by atoms with Gasteiger partial charge in [0.25, 0.3) is 0 Å². The van der Waals surface area contributed by atoms with Crippen molar-refractivity contribution in [1.29, 1.82) is 0 Å². The molecule has 1 aromatic carbocycles. The Kier molecular flexibility index (Phi) is 6.73. The Labute approximate surface area is 159 Å². The van der Waals surface area contributed by atoms with E-state index in [1.165, 1.54) is 0 Å². The van der Waals surface area contributed by atoms with E-state index in [2.05, 4.69) is 20.6 Å². The summed E-state index contributed by atoms with van der Waals surface area (Å²) in [6.45, 7) is 6.93. The van der Waals surface area contributed by atoms with Crippen molar-refractivity contribution < 1.29 is 9.18 Å². The zero-order valence-electron chi connectivity index (χ0n) is 15.6. The maximum atomic E-state index is 15.0. The SMILES string of the molecule is Cc1ccc(NN(C=O)c2cccc(CCCN3CCNCC3)c2F)cn1. The molecule has 1 amide bonds. The Balaban J connectivity index is 1.64. The molecule has 1 aliphatic heterocycles. The first-order valence-corrected chi connectivity index (χ1v) is 9.31. The molecular weight excluding hydrogens is 345 g/mol. The molecule has 0 unspecified atom stereocenters. The predicted molar refractivity (Wildman–Crippen MR) is 105 cm³/mol. The molecule has 3 rings (SSSR count). The van der Waals surface area contributed by atoms with Crippen LogP contribution in [0.4, 0.5) is 15.8 Å². The molecule has 144 valence electrons. The van der Waals surface area contributed by atoms with E-state index in [4.69, 9.17) is 0 Å². The van der Waals surface area contributed by atoms with Crippen molar-refractivity contribution in [3.63, 3.8) is 0 Å². The Morgan fingerprint density at radius 1 is 1.30 bits per heavy atom. The molecule has 2 N–H and O–H groups in total. The maximum absolute atomic E-state index is 15.0. The van der Waals surface area contributed by atoms with E-state index < -0.39 is 0 Å². The highest BCUT2D eigenvalue weighted by molar-refractivity contribution is 5.79. The standard InChI is InChI=1S/C20H26FN5O/c1-16-7-8-18(14-23-16)24-26(15-27)19-6-2-4-17(20(19)21)5-3-11-25-12-9-22-10-13-25/h2,4,6-8,14-15,22,24H,3,5,9-13H2,1H3. The second-order valence-electron chi connectivity index (χ2n) is 6.72. The average molecular weight is 371 g/mol. The molecule has 0 aliphatic carbocycles. The number of aryl methyl sites for hydroxylation is 2. The fourth-order valence-electron chi connectivity index (χ4n) is 3.19. The number of aromatic nitrogens is 1. The number of halogens is 1. The highest BCUT2D eigenvalue weighted by Crippen LogP contribution is 2.23. The molecule has 2 aromatic rings. The molecule has 1 saturated heterocycles. The van der Waals surface area contributed by atoms with Crippen LogP contribution in [0.1, 0.15) is 17.7 Å². The van der Waals surface area contributed by atoms with Gasteiger partial charge in [-0.3, -0.25) is 15.2 Å². The van der Waals surface area contributed by atoms with Gasteiger partial charge in [0.1, 0.15) is 5.69 Å². The summed E-state index contributed by atoms with van der Waals surface area (Å²) in [7, 11) is 0. The highest BCUT2D eigenvalue weighted by atomic mass is 19.1. The summed E-state index contributed by atoms with van der Waals surface area (Å²) in [4.78, 5) is 18.1. The Morgan fingerprint density at radius 3 is 2.81 bits per heavy atom. The van der Waals surface area contributed by atoms with Crippen LogP contribution < -0.4 is 15.8 Å². The van der Waals surface area contributed by atoms with Gasteiger partial charge in [-0.1, -0.05) is 12.1 Å². The molecule has 0 saturated carbocycles. The summed E-state index contributed by atoms with van der Waals surface area (Å²) in [6, 6.07) is 8.79. The van der Waals surface area contributed by atoms with Crippen LogP contribution in [0.3, 0.4) is 0 Å². The van der Waals surface area contributed by atoms with E-state index in [1.54, 1.807) is 30.5 Å². The fourth-order valence-corrected chi connectivity index (χ4v) is 3.19. The number of nitrogens with one attached hydrogen (secondary N) is 2. The molecule has 6 nitrogen and oxygen atoms in total. The molecule has 7 heteroatoms. The lowest BCUT2D eigenvalue weighted by atomic mass is 10.1. The molecule has 0 bridgehead atoms. The number of hydrogen-bond acceptors (Lipinski definition) is 5. The molecule has 27 heavy (non-hydrogen) atoms. The van der Waals surface area contributed by atoms with E-state index in [0.717, 1.165) is 49.8 Å². The van der Waals surface area contributed by atoms with Gasteiger partial charge in [-0.25, -0.2) is 9.40 Å². The first-order valence-electron chi connectivity index (χ1n) is 9.31. The third-order valence-electron chi connectivity index (χ3n) is 4.71. The quantitative estimate of drug-likeness (QED) is 0.551. The summed E-state index contributed by atoms with van der Waals surface area (Å²) in [5.74, 6) is -0.363. The Morgan fingerprint density at radius 2 is 2.11 bits per heavy atom. The molecule has 1 fully saturated rings. The van der Waals surface area contributed by atoms with Gasteiger partial charge in [0.15, 0.2) is 5.82 Å². The number of amides is 1. The summed E-state index contributed by atoms with van der Waals surface area (Å²) >= 11 is 0. The Hall–Kier alpha value is -2.51. The predicted octanol–water partition coefficient (Wildman–Crippen LogP) is 2.36. The molecular formula is C20H26FN5O. The van der Waals surface area contributed by atoms with E-state index in [-0.39, 0.29) is 11.5 Å². The molecule has 2 heterocycles. The van der Waals surface area contributed by atoms with Crippen LogP contribution in [0, 0.1) is 12.7 Å². The van der Waals surface area contributed by atoms with Crippen LogP contribution in [0.5, 0.6) is 0 Å². The lowest BCUT2D eigenvalue weighted by molar-refractivity contribution is -0.107. The highest BCUT2D eigenvalue weighted by Gasteiger charge is 2.15. The van der Waals surface area contributed by atoms with Crippen molar-refractivity contribution in [3.05, 3.63) is 53.6 Å². The van der Waals surface area contributed by atoms with Gasteiger partial charge in [0.2, 0.25) is 6.41 Å². The number of pyridine rings is 1. The number of anilines is 2. The van der Waals surface area contributed by atoms with Gasteiger partial charge in [-0.15, -0.1) is 0 Å². The smallest absolute Gasteiger partial charge is 0.232 e. The van der Waals surface area contributed by atoms with Gasteiger partial charge < -0.3 is 10.2 Å². The first-order chi connectivity index (χ1) is 13.2. The number of carbonyl (C=O) groups excluding carboxylic acids is 1. The molecule has 1 aromatic heterocycles. The molecule has 0 atom stereocenters. The lowest BCUT2D eigenvalue weighted by Crippen LogP contribution is -2.43. The van der Waals surface area contributed by atoms with Crippen LogP contribution in [0.2, 0.25) is 0 Å². The van der Waals surface area contributed by atoms with Gasteiger partial charge in [0.05, 0.1) is 11.9 Å². The van der Waals surface area contributed by atoms with Crippen molar-refractivity contribution in [2.24, 2.45) is 0 Å². The Bertz CT molecular complexity index is 747. The minimum atomic E-state index is -0.363. The van der Waals surface area contributed by atoms with Crippen LogP contribution in [0.15, 0.2) is 36.5 Å². The second kappa shape index (κ2) is 9.43. The largest absolute Gasteiger partial charge is 0.314 e. The monoisotopic (exact) mass is 371 g/mol. The van der Waals surface area contributed by atoms with Crippen molar-refractivity contribution in [1.82, 2.24) is 15.2 Å². The third kappa shape index (κ3) is 5.24. The summed E-state index contributed by atoms with van der Waals surface area (Å²) < 4.78 is 15.0. The number of piperazine rings is 1. The first kappa shape index (κ1) is 19.3. The summed E-state index contributed by atoms with van der Waals surface area (Å²) in [5, 5.41) is 4.48. The van der Waals surface area contributed by atoms with Crippen molar-refractivity contribution in [2.75, 3.05) is 43.2 Å². The average Bonchev–Trinajstić information content (AvgIpc) is 2.70. The van der Waals surface area contributed by atoms with Gasteiger partial charge in [-0.05, 0) is 50.1 Å². The van der Waals surface area contributed by atoms with E-state index >= 15 is 0 Å². The van der Waals surface area contributed by atoms with Crippen molar-refractivity contribution >= 4 is 17.8 Å². The number of hydrazine groups is 1. The minimum Gasteiger partial charge on any atom is -0.314 e. The number of rotatable bonds is 8. The number of benzene rings is 1. The summed E-state index contributed by atoms with van der Waals surface area (Å²) in [5.41, 5.74) is 5.22. The van der Waals surface area contributed by atoms with Gasteiger partial charge >= 0.3 is 0 Å². The van der Waals surface area contributed by atoms with Crippen molar-refractivity contribution in [3.8, 4) is 0 Å². The molecule has 0 radical (unpaired) electrons. The molecule has 1 aliphatic rings. The number of hydrogen-bond donors (Lipinski definition) is 2. The lowest BCUT2D eigenvalue weighted by Gasteiger charge is -2.27. The van der Waals surface area contributed by atoms with E-state index in [0.29, 0.717) is 24.1 Å². The third-order valence-corrected chi connectivity index (χ3v) is 4.71. The van der Waals surface area contributed by atoms with E-state index in [9.17, 15) is 9.18 Å². The van der Waals surface area contributed by atoms with Gasteiger partial charge in [0, 0.05) is 31.9 Å². The molecule has 0 spiro atoms. The second-order valence-corrected chi connectivity index (χ2v) is 6.72. The van der Waals surface area contributed by atoms with Crippen LogP contribution >= 0.6 is 0 Å². The van der Waals surface area contributed by atoms with Gasteiger partial charge in [-0.2, -0.15) is 0 Å². The van der Waals surface area contributed by atoms with E-state index in [1.807, 2.05) is 13.0 Å². The maximum Gasteiger partial charge on any atom is 0.232 e. The fraction of sp³-hybridized carbons (Fsp3) is 0.400. The zero-order chi connectivity index (χ0) is 19.1. The number of nitrogens with zero attached hydrogens (tertiary/aromatic N) is 3. The van der Waals surface area contributed by atoms with Crippen molar-refractivity contribution in [2.45, 2.75) is 19.8 Å².